The number of benzene rings is 2. The van der Waals surface area contributed by atoms with Crippen molar-refractivity contribution in [3.63, 3.8) is 0 Å². The Kier molecular flexibility index (Phi) is 6.68. The van der Waals surface area contributed by atoms with E-state index >= 15 is 0 Å². The van der Waals surface area contributed by atoms with Gasteiger partial charge in [-0.1, -0.05) is 12.1 Å². The van der Waals surface area contributed by atoms with Gasteiger partial charge in [0.15, 0.2) is 0 Å². The molecule has 2 aromatic carbocycles. The van der Waals surface area contributed by atoms with E-state index in [0.29, 0.717) is 0 Å². The van der Waals surface area contributed by atoms with Crippen LogP contribution in [0.1, 0.15) is 51.3 Å². The van der Waals surface area contributed by atoms with Gasteiger partial charge in [-0.15, -0.1) is 0 Å². The first-order valence-corrected chi connectivity index (χ1v) is 10.4. The van der Waals surface area contributed by atoms with E-state index in [-0.39, 0.29) is 24.2 Å². The van der Waals surface area contributed by atoms with Gasteiger partial charge in [-0.3, -0.25) is 4.79 Å². The van der Waals surface area contributed by atoms with E-state index in [4.69, 9.17) is 9.47 Å². The molecule has 3 rings (SSSR count). The van der Waals surface area contributed by atoms with Gasteiger partial charge >= 0.3 is 0 Å². The number of amides is 1. The maximum Gasteiger partial charge on any atom is 0.217 e. The van der Waals surface area contributed by atoms with Crippen LogP contribution in [0.15, 0.2) is 42.5 Å². The standard InChI is InChI=1S/C24H32N2O3/c1-16(2)28-22-10-11-24(17(3)14-22)26-13-12-23(15-26)29-21-8-6-20(7-9-21)18(4)25-19(5)27/h6-11,14,16,18,23H,12-13,15H2,1-5H3,(H,25,27)/t18-,23+/m0/s1. The zero-order chi connectivity index (χ0) is 21.0. The molecule has 5 nitrogen and oxygen atoms in total. The second kappa shape index (κ2) is 9.21. The molecule has 1 aliphatic rings. The van der Waals surface area contributed by atoms with Crippen molar-refractivity contribution < 1.29 is 14.3 Å². The number of ether oxygens (including phenoxy) is 2. The number of rotatable bonds is 7. The summed E-state index contributed by atoms with van der Waals surface area (Å²) in [5.41, 5.74) is 3.53. The fourth-order valence-corrected chi connectivity index (χ4v) is 3.79. The van der Waals surface area contributed by atoms with Gasteiger partial charge in [-0.05, 0) is 69.2 Å². The number of carbonyl (C=O) groups is 1. The Balaban J connectivity index is 1.58. The largest absolute Gasteiger partial charge is 0.491 e. The zero-order valence-corrected chi connectivity index (χ0v) is 18.1. The molecular formula is C24H32N2O3. The second-order valence-corrected chi connectivity index (χ2v) is 8.08. The molecule has 156 valence electrons. The lowest BCUT2D eigenvalue weighted by Gasteiger charge is -2.22. The Bertz CT molecular complexity index is 833. The third-order valence-corrected chi connectivity index (χ3v) is 5.13. The van der Waals surface area contributed by atoms with Crippen LogP contribution in [0.25, 0.3) is 0 Å². The van der Waals surface area contributed by atoms with Crippen molar-refractivity contribution in [1.82, 2.24) is 5.32 Å². The minimum Gasteiger partial charge on any atom is -0.491 e. The summed E-state index contributed by atoms with van der Waals surface area (Å²) in [6, 6.07) is 14.3. The number of hydrogen-bond donors (Lipinski definition) is 1. The van der Waals surface area contributed by atoms with Crippen LogP contribution in [0, 0.1) is 6.92 Å². The van der Waals surface area contributed by atoms with Crippen molar-refractivity contribution in [3.8, 4) is 11.5 Å². The number of hydrogen-bond acceptors (Lipinski definition) is 4. The summed E-state index contributed by atoms with van der Waals surface area (Å²) in [5, 5.41) is 2.90. The Morgan fingerprint density at radius 1 is 1.10 bits per heavy atom. The van der Waals surface area contributed by atoms with E-state index in [1.54, 1.807) is 0 Å². The summed E-state index contributed by atoms with van der Waals surface area (Å²) in [7, 11) is 0. The third-order valence-electron chi connectivity index (χ3n) is 5.13. The molecule has 2 aromatic rings. The number of carbonyl (C=O) groups excluding carboxylic acids is 1. The summed E-state index contributed by atoms with van der Waals surface area (Å²) in [6.07, 6.45) is 1.34. The minimum absolute atomic E-state index is 0.00542. The molecule has 0 radical (unpaired) electrons. The van der Waals surface area contributed by atoms with Gasteiger partial charge in [0.2, 0.25) is 5.91 Å². The molecule has 1 saturated heterocycles. The first kappa shape index (κ1) is 21.0. The van der Waals surface area contributed by atoms with Gasteiger partial charge in [0.25, 0.3) is 0 Å². The molecule has 0 spiro atoms. The van der Waals surface area contributed by atoms with Gasteiger partial charge in [0.1, 0.15) is 17.6 Å². The molecule has 0 aromatic heterocycles. The van der Waals surface area contributed by atoms with E-state index in [9.17, 15) is 4.79 Å². The van der Waals surface area contributed by atoms with Crippen LogP contribution in [0.2, 0.25) is 0 Å². The predicted molar refractivity (Wildman–Crippen MR) is 117 cm³/mol. The molecule has 1 aliphatic heterocycles. The molecule has 29 heavy (non-hydrogen) atoms. The monoisotopic (exact) mass is 396 g/mol. The SMILES string of the molecule is CC(=O)N[C@@H](C)c1ccc(O[C@@H]2CCN(c3ccc(OC(C)C)cc3C)C2)cc1. The molecule has 2 atom stereocenters. The lowest BCUT2D eigenvalue weighted by Crippen LogP contribution is -2.25. The van der Waals surface area contributed by atoms with Crippen molar-refractivity contribution in [2.75, 3.05) is 18.0 Å². The van der Waals surface area contributed by atoms with Crippen LogP contribution in [0.4, 0.5) is 5.69 Å². The molecule has 1 amide bonds. The Hall–Kier alpha value is -2.69. The zero-order valence-electron chi connectivity index (χ0n) is 18.1. The fourth-order valence-electron chi connectivity index (χ4n) is 3.79. The number of nitrogens with one attached hydrogen (secondary N) is 1. The van der Waals surface area contributed by atoms with E-state index in [1.165, 1.54) is 18.2 Å². The van der Waals surface area contributed by atoms with Crippen molar-refractivity contribution in [2.45, 2.75) is 59.3 Å². The molecule has 0 unspecified atom stereocenters. The summed E-state index contributed by atoms with van der Waals surface area (Å²) in [5.74, 6) is 1.76. The van der Waals surface area contributed by atoms with Gasteiger partial charge in [0, 0.05) is 25.6 Å². The fraction of sp³-hybridized carbons (Fsp3) is 0.458. The summed E-state index contributed by atoms with van der Waals surface area (Å²) in [4.78, 5) is 13.6. The summed E-state index contributed by atoms with van der Waals surface area (Å²) in [6.45, 7) is 11.6. The Morgan fingerprint density at radius 3 is 2.41 bits per heavy atom. The number of aryl methyl sites for hydroxylation is 1. The molecule has 0 aliphatic carbocycles. The van der Waals surface area contributed by atoms with Crippen LogP contribution in [-0.4, -0.2) is 31.2 Å². The Morgan fingerprint density at radius 2 is 1.79 bits per heavy atom. The maximum absolute atomic E-state index is 11.2. The minimum atomic E-state index is -0.0250. The van der Waals surface area contributed by atoms with Crippen molar-refractivity contribution in [2.24, 2.45) is 0 Å². The van der Waals surface area contributed by atoms with Crippen molar-refractivity contribution in [3.05, 3.63) is 53.6 Å². The Labute approximate surface area is 174 Å². The third kappa shape index (κ3) is 5.66. The maximum atomic E-state index is 11.2. The normalized spacial score (nSPS) is 17.3. The lowest BCUT2D eigenvalue weighted by atomic mass is 10.1. The molecular weight excluding hydrogens is 364 g/mol. The molecule has 1 N–H and O–H groups in total. The first-order valence-electron chi connectivity index (χ1n) is 10.4. The van der Waals surface area contributed by atoms with Crippen LogP contribution in [0.5, 0.6) is 11.5 Å². The summed E-state index contributed by atoms with van der Waals surface area (Å²) >= 11 is 0. The predicted octanol–water partition coefficient (Wildman–Crippen LogP) is 4.64. The highest BCUT2D eigenvalue weighted by atomic mass is 16.5. The highest BCUT2D eigenvalue weighted by Crippen LogP contribution is 2.29. The molecule has 0 saturated carbocycles. The highest BCUT2D eigenvalue weighted by molar-refractivity contribution is 5.73. The second-order valence-electron chi connectivity index (χ2n) is 8.08. The van der Waals surface area contributed by atoms with Gasteiger partial charge < -0.3 is 19.7 Å². The van der Waals surface area contributed by atoms with Crippen LogP contribution < -0.4 is 19.7 Å². The van der Waals surface area contributed by atoms with Crippen LogP contribution in [-0.2, 0) is 4.79 Å². The quantitative estimate of drug-likeness (QED) is 0.741. The van der Waals surface area contributed by atoms with E-state index in [2.05, 4.69) is 29.3 Å². The number of nitrogens with zero attached hydrogens (tertiary/aromatic N) is 1. The average molecular weight is 397 g/mol. The first-order chi connectivity index (χ1) is 13.8. The van der Waals surface area contributed by atoms with Crippen molar-refractivity contribution >= 4 is 11.6 Å². The van der Waals surface area contributed by atoms with Gasteiger partial charge in [-0.2, -0.15) is 0 Å². The summed E-state index contributed by atoms with van der Waals surface area (Å²) < 4.78 is 12.0. The van der Waals surface area contributed by atoms with Crippen molar-refractivity contribution in [1.29, 1.82) is 0 Å². The molecule has 5 heteroatoms. The number of anilines is 1. The molecule has 0 bridgehead atoms. The molecule has 1 heterocycles. The van der Waals surface area contributed by atoms with Crippen LogP contribution in [0.3, 0.4) is 0 Å². The van der Waals surface area contributed by atoms with E-state index in [0.717, 1.165) is 36.6 Å². The van der Waals surface area contributed by atoms with Gasteiger partial charge in [0.05, 0.1) is 18.7 Å². The van der Waals surface area contributed by atoms with E-state index < -0.39 is 0 Å². The topological polar surface area (TPSA) is 50.8 Å². The smallest absolute Gasteiger partial charge is 0.217 e. The lowest BCUT2D eigenvalue weighted by molar-refractivity contribution is -0.119. The van der Waals surface area contributed by atoms with E-state index in [1.807, 2.05) is 51.1 Å². The van der Waals surface area contributed by atoms with Crippen LogP contribution >= 0.6 is 0 Å². The highest BCUT2D eigenvalue weighted by Gasteiger charge is 2.25. The van der Waals surface area contributed by atoms with Gasteiger partial charge in [-0.25, -0.2) is 0 Å². The molecule has 1 fully saturated rings. The average Bonchev–Trinajstić information content (AvgIpc) is 3.09.